The number of aryl methyl sites for hydroxylation is 2. The highest BCUT2D eigenvalue weighted by molar-refractivity contribution is 6.46. The molecule has 172 valence electrons. The lowest BCUT2D eigenvalue weighted by atomic mass is 9.95. The summed E-state index contributed by atoms with van der Waals surface area (Å²) in [6, 6.07) is 10.3. The number of rotatable bonds is 6. The molecule has 1 fully saturated rings. The number of ether oxygens (including phenoxy) is 1. The van der Waals surface area contributed by atoms with Crippen LogP contribution in [0.2, 0.25) is 0 Å². The molecule has 1 saturated heterocycles. The third-order valence-corrected chi connectivity index (χ3v) is 6.01. The molecule has 1 N–H and O–H groups in total. The summed E-state index contributed by atoms with van der Waals surface area (Å²) in [4.78, 5) is 34.5. The van der Waals surface area contributed by atoms with Gasteiger partial charge >= 0.3 is 0 Å². The van der Waals surface area contributed by atoms with E-state index in [1.54, 1.807) is 30.7 Å². The van der Waals surface area contributed by atoms with Gasteiger partial charge in [-0.15, -0.1) is 0 Å². The van der Waals surface area contributed by atoms with Crippen molar-refractivity contribution in [2.24, 2.45) is 0 Å². The molecule has 0 unspecified atom stereocenters. The lowest BCUT2D eigenvalue weighted by Gasteiger charge is -2.27. The maximum atomic E-state index is 13.3. The number of carbonyl (C=O) groups excluding carboxylic acids is 2. The van der Waals surface area contributed by atoms with E-state index >= 15 is 0 Å². The second-order valence-corrected chi connectivity index (χ2v) is 8.47. The fourth-order valence-corrected chi connectivity index (χ4v) is 4.36. The molecule has 1 aliphatic heterocycles. The van der Waals surface area contributed by atoms with Gasteiger partial charge < -0.3 is 19.6 Å². The Morgan fingerprint density at radius 1 is 1.15 bits per heavy atom. The number of ketones is 1. The van der Waals surface area contributed by atoms with Crippen molar-refractivity contribution < 1.29 is 19.4 Å². The smallest absolute Gasteiger partial charge is 0.295 e. The molecule has 8 nitrogen and oxygen atoms in total. The van der Waals surface area contributed by atoms with Crippen LogP contribution in [0.4, 0.5) is 0 Å². The summed E-state index contributed by atoms with van der Waals surface area (Å²) in [7, 11) is 5.35. The largest absolute Gasteiger partial charge is 0.505 e. The number of likely N-dealkylation sites (N-methyl/N-ethyl adjacent to an activating group) is 1. The molecule has 1 atom stereocenters. The van der Waals surface area contributed by atoms with Crippen molar-refractivity contribution in [2.75, 3.05) is 34.3 Å². The van der Waals surface area contributed by atoms with Gasteiger partial charge in [-0.25, -0.2) is 4.98 Å². The summed E-state index contributed by atoms with van der Waals surface area (Å²) in [5.74, 6) is -1.07. The number of aliphatic hydroxyl groups is 1. The normalized spacial score (nSPS) is 18.0. The zero-order chi connectivity index (χ0) is 23.9. The first-order valence-electron chi connectivity index (χ1n) is 10.8. The Kier molecular flexibility index (Phi) is 5.95. The number of carbonyl (C=O) groups is 2. The van der Waals surface area contributed by atoms with Gasteiger partial charge in [-0.1, -0.05) is 24.3 Å². The quantitative estimate of drug-likeness (QED) is 0.354. The second-order valence-electron chi connectivity index (χ2n) is 8.47. The Hall–Kier alpha value is -3.65. The molecule has 0 bridgehead atoms. The molecule has 3 heterocycles. The average molecular weight is 449 g/mol. The van der Waals surface area contributed by atoms with E-state index in [0.29, 0.717) is 41.4 Å². The van der Waals surface area contributed by atoms with Crippen LogP contribution in [-0.2, 0) is 9.59 Å². The number of amides is 1. The fraction of sp³-hybridized carbons (Fsp3) is 0.320. The molecular weight excluding hydrogens is 420 g/mol. The first-order valence-corrected chi connectivity index (χ1v) is 10.8. The summed E-state index contributed by atoms with van der Waals surface area (Å²) in [5, 5.41) is 11.5. The number of imidazole rings is 1. The van der Waals surface area contributed by atoms with Crippen LogP contribution in [0, 0.1) is 13.8 Å². The molecule has 1 amide bonds. The number of fused-ring (bicyclic) bond motifs is 1. The summed E-state index contributed by atoms with van der Waals surface area (Å²) in [6.45, 7) is 4.59. The number of para-hydroxylation sites is 1. The van der Waals surface area contributed by atoms with Crippen molar-refractivity contribution >= 4 is 23.1 Å². The van der Waals surface area contributed by atoms with Gasteiger partial charge in [-0.3, -0.25) is 14.0 Å². The Morgan fingerprint density at radius 2 is 1.88 bits per heavy atom. The van der Waals surface area contributed by atoms with Crippen LogP contribution in [0.1, 0.15) is 28.6 Å². The number of pyridine rings is 1. The minimum Gasteiger partial charge on any atom is -0.505 e. The maximum absolute atomic E-state index is 13.3. The number of likely N-dealkylation sites (tertiary alicyclic amines) is 1. The van der Waals surface area contributed by atoms with Gasteiger partial charge in [0.25, 0.3) is 11.7 Å². The molecule has 33 heavy (non-hydrogen) atoms. The third-order valence-electron chi connectivity index (χ3n) is 6.01. The van der Waals surface area contributed by atoms with Crippen LogP contribution in [0.15, 0.2) is 48.2 Å². The Morgan fingerprint density at radius 3 is 2.58 bits per heavy atom. The molecule has 0 spiro atoms. The van der Waals surface area contributed by atoms with Crippen molar-refractivity contribution in [3.05, 3.63) is 70.7 Å². The number of Topliss-reactive ketones (excluding diaryl/α,β-unsaturated/α-hetero) is 1. The topological polar surface area (TPSA) is 87.4 Å². The molecule has 0 radical (unpaired) electrons. The van der Waals surface area contributed by atoms with Crippen molar-refractivity contribution in [1.29, 1.82) is 0 Å². The number of aromatic nitrogens is 2. The van der Waals surface area contributed by atoms with Gasteiger partial charge in [0, 0.05) is 24.8 Å². The van der Waals surface area contributed by atoms with E-state index in [1.807, 2.05) is 56.3 Å². The molecule has 1 aromatic carbocycles. The minimum atomic E-state index is -0.782. The highest BCUT2D eigenvalue weighted by atomic mass is 16.5. The number of methoxy groups -OCH3 is 1. The van der Waals surface area contributed by atoms with E-state index in [1.165, 1.54) is 4.90 Å². The Balaban J connectivity index is 1.98. The lowest BCUT2D eigenvalue weighted by molar-refractivity contribution is -0.140. The van der Waals surface area contributed by atoms with Gasteiger partial charge in [0.1, 0.15) is 17.1 Å². The molecule has 2 aromatic heterocycles. The SMILES string of the molecule is COc1ccccc1[C@@H]1/C(=C(\O)c2c(C)nc3c(C)cccn23)C(=O)C(=O)N1CCN(C)C. The number of aliphatic hydroxyl groups excluding tert-OH is 1. The standard InChI is InChI=1S/C25H28N4O4/c1-15-9-8-12-28-20(16(2)26-24(15)28)22(30)19-21(17-10-6-7-11-18(17)33-5)29(14-13-27(3)4)25(32)23(19)31/h6-12,21,30H,13-14H2,1-5H3/b22-19+/t21-/m1/s1. The molecule has 0 saturated carbocycles. The van der Waals surface area contributed by atoms with Crippen LogP contribution in [0.25, 0.3) is 11.4 Å². The van der Waals surface area contributed by atoms with E-state index in [4.69, 9.17) is 4.74 Å². The molecule has 4 rings (SSSR count). The van der Waals surface area contributed by atoms with Gasteiger partial charge in [-0.05, 0) is 45.6 Å². The summed E-state index contributed by atoms with van der Waals surface area (Å²) < 4.78 is 7.31. The molecule has 3 aromatic rings. The summed E-state index contributed by atoms with van der Waals surface area (Å²) >= 11 is 0. The van der Waals surface area contributed by atoms with Gasteiger partial charge in [0.2, 0.25) is 0 Å². The monoisotopic (exact) mass is 448 g/mol. The van der Waals surface area contributed by atoms with E-state index in [0.717, 1.165) is 5.56 Å². The Bertz CT molecular complexity index is 1270. The van der Waals surface area contributed by atoms with Gasteiger partial charge in [-0.2, -0.15) is 0 Å². The van der Waals surface area contributed by atoms with Crippen LogP contribution < -0.4 is 4.74 Å². The van der Waals surface area contributed by atoms with E-state index < -0.39 is 17.7 Å². The Labute approximate surface area is 192 Å². The maximum Gasteiger partial charge on any atom is 0.295 e. The van der Waals surface area contributed by atoms with Crippen molar-refractivity contribution in [2.45, 2.75) is 19.9 Å². The highest BCUT2D eigenvalue weighted by Gasteiger charge is 2.47. The van der Waals surface area contributed by atoms with Crippen LogP contribution in [0.3, 0.4) is 0 Å². The van der Waals surface area contributed by atoms with Crippen LogP contribution >= 0.6 is 0 Å². The number of hydrogen-bond acceptors (Lipinski definition) is 6. The summed E-state index contributed by atoms with van der Waals surface area (Å²) in [6.07, 6.45) is 1.79. The van der Waals surface area contributed by atoms with Gasteiger partial charge in [0.05, 0.1) is 24.4 Å². The fourth-order valence-electron chi connectivity index (χ4n) is 4.36. The molecule has 1 aliphatic rings. The highest BCUT2D eigenvalue weighted by Crippen LogP contribution is 2.42. The molecule has 8 heteroatoms. The lowest BCUT2D eigenvalue weighted by Crippen LogP contribution is -2.35. The predicted molar refractivity (Wildman–Crippen MR) is 125 cm³/mol. The number of nitrogens with zero attached hydrogens (tertiary/aromatic N) is 4. The van der Waals surface area contributed by atoms with E-state index in [2.05, 4.69) is 4.98 Å². The summed E-state index contributed by atoms with van der Waals surface area (Å²) in [5.41, 5.74) is 3.27. The third kappa shape index (κ3) is 3.76. The van der Waals surface area contributed by atoms with E-state index in [-0.39, 0.29) is 11.3 Å². The zero-order valence-corrected chi connectivity index (χ0v) is 19.5. The van der Waals surface area contributed by atoms with Crippen LogP contribution in [0.5, 0.6) is 5.75 Å². The second kappa shape index (κ2) is 8.71. The van der Waals surface area contributed by atoms with Crippen LogP contribution in [-0.4, -0.2) is 70.3 Å². The van der Waals surface area contributed by atoms with Gasteiger partial charge in [0.15, 0.2) is 5.76 Å². The van der Waals surface area contributed by atoms with Crippen molar-refractivity contribution in [1.82, 2.24) is 19.2 Å². The number of benzene rings is 1. The molecular formula is C25H28N4O4. The molecule has 0 aliphatic carbocycles. The number of hydrogen-bond donors (Lipinski definition) is 1. The van der Waals surface area contributed by atoms with Crippen molar-refractivity contribution in [3.8, 4) is 5.75 Å². The predicted octanol–water partition coefficient (Wildman–Crippen LogP) is 2.94. The first kappa shape index (κ1) is 22.5. The zero-order valence-electron chi connectivity index (χ0n) is 19.5. The average Bonchev–Trinajstić information content (AvgIpc) is 3.26. The first-order chi connectivity index (χ1) is 15.8. The minimum absolute atomic E-state index is 0.0367. The van der Waals surface area contributed by atoms with Crippen molar-refractivity contribution in [3.63, 3.8) is 0 Å². The van der Waals surface area contributed by atoms with E-state index in [9.17, 15) is 14.7 Å².